The Morgan fingerprint density at radius 1 is 1.23 bits per heavy atom. The Morgan fingerprint density at radius 2 is 1.91 bits per heavy atom. The standard InChI is InChI=1S/C16H20N4O2/c1-12-7-19(8-13(2)22-12)16(21)15-5-3-14(4-6-15)9-20-11-17-10-18-20/h3-6,10-13H,7-9H2,1-2H3/t12-,13-/m1/s1. The fraction of sp³-hybridized carbons (Fsp3) is 0.438. The summed E-state index contributed by atoms with van der Waals surface area (Å²) in [4.78, 5) is 18.3. The average molecular weight is 300 g/mol. The molecule has 2 aromatic rings. The molecule has 1 aromatic carbocycles. The topological polar surface area (TPSA) is 60.2 Å². The van der Waals surface area contributed by atoms with Gasteiger partial charge in [0.1, 0.15) is 12.7 Å². The Labute approximate surface area is 129 Å². The Hall–Kier alpha value is -2.21. The zero-order chi connectivity index (χ0) is 15.5. The van der Waals surface area contributed by atoms with Crippen molar-refractivity contribution in [1.82, 2.24) is 19.7 Å². The van der Waals surface area contributed by atoms with Crippen molar-refractivity contribution in [3.8, 4) is 0 Å². The van der Waals surface area contributed by atoms with Gasteiger partial charge in [0, 0.05) is 18.7 Å². The normalized spacial score (nSPS) is 21.8. The number of carbonyl (C=O) groups excluding carboxylic acids is 1. The molecule has 1 aromatic heterocycles. The van der Waals surface area contributed by atoms with E-state index in [9.17, 15) is 4.79 Å². The highest BCUT2D eigenvalue weighted by Crippen LogP contribution is 2.15. The number of rotatable bonds is 3. The zero-order valence-corrected chi connectivity index (χ0v) is 12.8. The van der Waals surface area contributed by atoms with Crippen LogP contribution in [0.15, 0.2) is 36.9 Å². The minimum absolute atomic E-state index is 0.0642. The number of benzene rings is 1. The van der Waals surface area contributed by atoms with Gasteiger partial charge < -0.3 is 9.64 Å². The van der Waals surface area contributed by atoms with Crippen LogP contribution in [0.25, 0.3) is 0 Å². The van der Waals surface area contributed by atoms with Crippen LogP contribution in [0, 0.1) is 0 Å². The number of nitrogens with zero attached hydrogens (tertiary/aromatic N) is 4. The second-order valence-corrected chi connectivity index (χ2v) is 5.76. The van der Waals surface area contributed by atoms with Gasteiger partial charge in [-0.15, -0.1) is 0 Å². The summed E-state index contributed by atoms with van der Waals surface area (Å²) in [7, 11) is 0. The summed E-state index contributed by atoms with van der Waals surface area (Å²) in [6.45, 7) is 5.93. The van der Waals surface area contributed by atoms with Crippen LogP contribution in [-0.4, -0.2) is 50.9 Å². The zero-order valence-electron chi connectivity index (χ0n) is 12.8. The highest BCUT2D eigenvalue weighted by atomic mass is 16.5. The molecule has 0 unspecified atom stereocenters. The lowest BCUT2D eigenvalue weighted by molar-refractivity contribution is -0.0586. The van der Waals surface area contributed by atoms with Gasteiger partial charge in [-0.3, -0.25) is 4.79 Å². The van der Waals surface area contributed by atoms with Gasteiger partial charge in [-0.05, 0) is 31.5 Å². The third kappa shape index (κ3) is 3.33. The maximum atomic E-state index is 12.6. The largest absolute Gasteiger partial charge is 0.372 e. The first-order chi connectivity index (χ1) is 10.6. The van der Waals surface area contributed by atoms with E-state index in [0.29, 0.717) is 25.2 Å². The molecule has 6 heteroatoms. The first kappa shape index (κ1) is 14.7. The summed E-state index contributed by atoms with van der Waals surface area (Å²) < 4.78 is 7.42. The molecule has 1 amide bonds. The van der Waals surface area contributed by atoms with Crippen molar-refractivity contribution < 1.29 is 9.53 Å². The molecular weight excluding hydrogens is 280 g/mol. The van der Waals surface area contributed by atoms with Gasteiger partial charge in [0.2, 0.25) is 0 Å². The summed E-state index contributed by atoms with van der Waals surface area (Å²) >= 11 is 0. The summed E-state index contributed by atoms with van der Waals surface area (Å²) in [5.41, 5.74) is 1.80. The second kappa shape index (κ2) is 6.27. The van der Waals surface area contributed by atoms with Crippen LogP contribution in [0.2, 0.25) is 0 Å². The van der Waals surface area contributed by atoms with Gasteiger partial charge in [-0.2, -0.15) is 5.10 Å². The maximum absolute atomic E-state index is 12.6. The lowest BCUT2D eigenvalue weighted by atomic mass is 10.1. The molecule has 0 aliphatic carbocycles. The van der Waals surface area contributed by atoms with Crippen molar-refractivity contribution in [2.24, 2.45) is 0 Å². The molecule has 0 bridgehead atoms. The maximum Gasteiger partial charge on any atom is 0.254 e. The van der Waals surface area contributed by atoms with E-state index < -0.39 is 0 Å². The molecule has 1 aliphatic heterocycles. The smallest absolute Gasteiger partial charge is 0.254 e. The number of ether oxygens (including phenoxy) is 1. The van der Waals surface area contributed by atoms with E-state index in [4.69, 9.17) is 4.74 Å². The van der Waals surface area contributed by atoms with Gasteiger partial charge in [0.15, 0.2) is 0 Å². The quantitative estimate of drug-likeness (QED) is 0.863. The first-order valence-corrected chi connectivity index (χ1v) is 7.48. The van der Waals surface area contributed by atoms with Crippen molar-refractivity contribution in [1.29, 1.82) is 0 Å². The summed E-state index contributed by atoms with van der Waals surface area (Å²) in [6.07, 6.45) is 3.35. The molecule has 116 valence electrons. The van der Waals surface area contributed by atoms with Crippen molar-refractivity contribution in [3.05, 3.63) is 48.0 Å². The number of aromatic nitrogens is 3. The molecule has 22 heavy (non-hydrogen) atoms. The van der Waals surface area contributed by atoms with Crippen LogP contribution in [0.1, 0.15) is 29.8 Å². The predicted molar refractivity (Wildman–Crippen MR) is 81.5 cm³/mol. The molecule has 1 saturated heterocycles. The Kier molecular flexibility index (Phi) is 4.20. The van der Waals surface area contributed by atoms with E-state index in [-0.39, 0.29) is 18.1 Å². The van der Waals surface area contributed by atoms with Crippen molar-refractivity contribution in [2.75, 3.05) is 13.1 Å². The number of hydrogen-bond donors (Lipinski definition) is 0. The Balaban J connectivity index is 1.68. The molecule has 0 saturated carbocycles. The molecule has 1 aliphatic rings. The SMILES string of the molecule is C[C@@H]1CN(C(=O)c2ccc(Cn3cncn3)cc2)C[C@@H](C)O1. The number of hydrogen-bond acceptors (Lipinski definition) is 4. The van der Waals surface area contributed by atoms with Gasteiger partial charge in [0.25, 0.3) is 5.91 Å². The molecule has 0 N–H and O–H groups in total. The van der Waals surface area contributed by atoms with E-state index in [1.165, 1.54) is 6.33 Å². The van der Waals surface area contributed by atoms with Crippen molar-refractivity contribution in [2.45, 2.75) is 32.6 Å². The van der Waals surface area contributed by atoms with E-state index >= 15 is 0 Å². The monoisotopic (exact) mass is 300 g/mol. The molecule has 2 heterocycles. The summed E-state index contributed by atoms with van der Waals surface area (Å²) in [6, 6.07) is 7.67. The van der Waals surface area contributed by atoms with E-state index in [2.05, 4.69) is 10.1 Å². The van der Waals surface area contributed by atoms with Crippen LogP contribution >= 0.6 is 0 Å². The van der Waals surface area contributed by atoms with Crippen LogP contribution in [0.3, 0.4) is 0 Å². The van der Waals surface area contributed by atoms with Gasteiger partial charge in [-0.25, -0.2) is 9.67 Å². The van der Waals surface area contributed by atoms with E-state index in [1.54, 1.807) is 11.0 Å². The van der Waals surface area contributed by atoms with E-state index in [0.717, 1.165) is 5.56 Å². The van der Waals surface area contributed by atoms with Crippen LogP contribution in [0.4, 0.5) is 0 Å². The first-order valence-electron chi connectivity index (χ1n) is 7.48. The number of amides is 1. The molecule has 0 radical (unpaired) electrons. The third-order valence-corrected chi connectivity index (χ3v) is 3.72. The number of morpholine rings is 1. The molecule has 0 spiro atoms. The van der Waals surface area contributed by atoms with Crippen LogP contribution in [-0.2, 0) is 11.3 Å². The molecular formula is C16H20N4O2. The lowest BCUT2D eigenvalue weighted by Crippen LogP contribution is -2.48. The van der Waals surface area contributed by atoms with Gasteiger partial charge in [0.05, 0.1) is 18.8 Å². The second-order valence-electron chi connectivity index (χ2n) is 5.76. The van der Waals surface area contributed by atoms with Crippen LogP contribution in [0.5, 0.6) is 0 Å². The fourth-order valence-electron chi connectivity index (χ4n) is 2.78. The average Bonchev–Trinajstić information content (AvgIpc) is 2.99. The van der Waals surface area contributed by atoms with Crippen LogP contribution < -0.4 is 0 Å². The van der Waals surface area contributed by atoms with Gasteiger partial charge in [-0.1, -0.05) is 12.1 Å². The minimum atomic E-state index is 0.0642. The summed E-state index contributed by atoms with van der Waals surface area (Å²) in [5, 5.41) is 4.08. The van der Waals surface area contributed by atoms with Gasteiger partial charge >= 0.3 is 0 Å². The van der Waals surface area contributed by atoms with E-state index in [1.807, 2.05) is 43.0 Å². The van der Waals surface area contributed by atoms with Crippen molar-refractivity contribution >= 4 is 5.91 Å². The highest BCUT2D eigenvalue weighted by molar-refractivity contribution is 5.94. The molecule has 3 rings (SSSR count). The minimum Gasteiger partial charge on any atom is -0.372 e. The van der Waals surface area contributed by atoms with Crippen molar-refractivity contribution in [3.63, 3.8) is 0 Å². The third-order valence-electron chi connectivity index (χ3n) is 3.72. The summed E-state index contributed by atoms with van der Waals surface area (Å²) in [5.74, 6) is 0.0642. The molecule has 1 fully saturated rings. The lowest BCUT2D eigenvalue weighted by Gasteiger charge is -2.35. The molecule has 6 nitrogen and oxygen atoms in total. The highest BCUT2D eigenvalue weighted by Gasteiger charge is 2.26. The number of carbonyl (C=O) groups is 1. The fourth-order valence-corrected chi connectivity index (χ4v) is 2.78. The molecule has 2 atom stereocenters. The Bertz CT molecular complexity index is 614. The Morgan fingerprint density at radius 3 is 2.50 bits per heavy atom. The predicted octanol–water partition coefficient (Wildman–Crippen LogP) is 1.58.